The third-order valence-corrected chi connectivity index (χ3v) is 4.49. The lowest BCUT2D eigenvalue weighted by atomic mass is 10.1. The van der Waals surface area contributed by atoms with Crippen molar-refractivity contribution < 1.29 is 13.6 Å². The van der Waals surface area contributed by atoms with Gasteiger partial charge in [0.05, 0.1) is 6.54 Å². The van der Waals surface area contributed by atoms with Crippen LogP contribution in [0.5, 0.6) is 0 Å². The standard InChI is InChI=1S/C15H14BrFN4O2/c1-9-6-7-21(8-12(9)16)15(22)18-14-20-19-13(23-14)10-2-4-11(17)5-3-10/h2-5H,6-8H2,1H3,(H,18,20,22). The molecule has 0 unspecified atom stereocenters. The molecule has 0 aliphatic carbocycles. The lowest BCUT2D eigenvalue weighted by molar-refractivity contribution is 0.214. The van der Waals surface area contributed by atoms with Crippen LogP contribution in [0, 0.1) is 5.82 Å². The van der Waals surface area contributed by atoms with Crippen molar-refractivity contribution in [2.45, 2.75) is 13.3 Å². The van der Waals surface area contributed by atoms with E-state index in [9.17, 15) is 9.18 Å². The average Bonchev–Trinajstić information content (AvgIpc) is 2.99. The highest BCUT2D eigenvalue weighted by Crippen LogP contribution is 2.23. The van der Waals surface area contributed by atoms with Gasteiger partial charge in [-0.3, -0.25) is 5.32 Å². The fraction of sp³-hybridized carbons (Fsp3) is 0.267. The van der Waals surface area contributed by atoms with Crippen LogP contribution < -0.4 is 5.32 Å². The Bertz CT molecular complexity index is 757. The Balaban J connectivity index is 1.67. The molecule has 3 rings (SSSR count). The number of hydrogen-bond acceptors (Lipinski definition) is 4. The molecular weight excluding hydrogens is 367 g/mol. The third kappa shape index (κ3) is 3.58. The number of hydrogen-bond donors (Lipinski definition) is 1. The second kappa shape index (κ2) is 6.49. The summed E-state index contributed by atoms with van der Waals surface area (Å²) in [5, 5.41) is 10.2. The highest BCUT2D eigenvalue weighted by atomic mass is 79.9. The molecule has 0 fully saturated rings. The number of carbonyl (C=O) groups is 1. The second-order valence-electron chi connectivity index (χ2n) is 5.21. The van der Waals surface area contributed by atoms with Crippen LogP contribution >= 0.6 is 15.9 Å². The molecule has 1 aromatic carbocycles. The molecule has 8 heteroatoms. The van der Waals surface area contributed by atoms with Crippen molar-refractivity contribution in [3.05, 3.63) is 40.1 Å². The summed E-state index contributed by atoms with van der Waals surface area (Å²) in [6.45, 7) is 3.18. The Hall–Kier alpha value is -2.22. The number of carbonyl (C=O) groups excluding carboxylic acids is 1. The number of nitrogens with zero attached hydrogens (tertiary/aromatic N) is 3. The van der Waals surface area contributed by atoms with E-state index < -0.39 is 0 Å². The first-order valence-electron chi connectivity index (χ1n) is 7.02. The molecule has 1 aliphatic heterocycles. The van der Waals surface area contributed by atoms with Gasteiger partial charge in [0, 0.05) is 16.6 Å². The van der Waals surface area contributed by atoms with Crippen LogP contribution in [-0.4, -0.2) is 34.2 Å². The molecule has 0 saturated carbocycles. The molecule has 0 bridgehead atoms. The Morgan fingerprint density at radius 1 is 1.35 bits per heavy atom. The van der Waals surface area contributed by atoms with Crippen LogP contribution in [0.1, 0.15) is 13.3 Å². The minimum absolute atomic E-state index is 0.0109. The van der Waals surface area contributed by atoms with Gasteiger partial charge in [-0.05, 0) is 37.6 Å². The summed E-state index contributed by atoms with van der Waals surface area (Å²) in [5.41, 5.74) is 1.82. The summed E-state index contributed by atoms with van der Waals surface area (Å²) < 4.78 is 19.3. The molecule has 1 aromatic heterocycles. The van der Waals surface area contributed by atoms with E-state index in [1.54, 1.807) is 4.90 Å². The summed E-state index contributed by atoms with van der Waals surface area (Å²) in [4.78, 5) is 13.9. The maximum atomic E-state index is 12.9. The first-order chi connectivity index (χ1) is 11.0. The Kier molecular flexibility index (Phi) is 4.42. The second-order valence-corrected chi connectivity index (χ2v) is 6.16. The predicted octanol–water partition coefficient (Wildman–Crippen LogP) is 3.78. The summed E-state index contributed by atoms with van der Waals surface area (Å²) in [5.74, 6) is -0.128. The maximum Gasteiger partial charge on any atom is 0.325 e. The quantitative estimate of drug-likeness (QED) is 0.860. The zero-order valence-electron chi connectivity index (χ0n) is 12.3. The molecule has 0 saturated heterocycles. The van der Waals surface area contributed by atoms with Crippen LogP contribution in [0.2, 0.25) is 0 Å². The van der Waals surface area contributed by atoms with E-state index in [0.717, 1.165) is 10.9 Å². The minimum Gasteiger partial charge on any atom is -0.403 e. The summed E-state index contributed by atoms with van der Waals surface area (Å²) in [7, 11) is 0. The Morgan fingerprint density at radius 3 is 2.78 bits per heavy atom. The van der Waals surface area contributed by atoms with Crippen LogP contribution in [-0.2, 0) is 0 Å². The van der Waals surface area contributed by atoms with E-state index in [1.807, 2.05) is 6.92 Å². The summed E-state index contributed by atoms with van der Waals surface area (Å²) >= 11 is 3.46. The van der Waals surface area contributed by atoms with Crippen molar-refractivity contribution in [3.63, 3.8) is 0 Å². The number of nitrogens with one attached hydrogen (secondary N) is 1. The Labute approximate surface area is 140 Å². The monoisotopic (exact) mass is 380 g/mol. The molecule has 1 aliphatic rings. The molecule has 23 heavy (non-hydrogen) atoms. The van der Waals surface area contributed by atoms with Crippen LogP contribution in [0.15, 0.2) is 38.7 Å². The van der Waals surface area contributed by atoms with E-state index in [0.29, 0.717) is 18.7 Å². The van der Waals surface area contributed by atoms with Crippen molar-refractivity contribution >= 4 is 28.0 Å². The smallest absolute Gasteiger partial charge is 0.325 e. The number of halogens is 2. The van der Waals surface area contributed by atoms with Crippen molar-refractivity contribution in [3.8, 4) is 11.5 Å². The van der Waals surface area contributed by atoms with E-state index in [1.165, 1.54) is 29.8 Å². The largest absolute Gasteiger partial charge is 0.403 e. The van der Waals surface area contributed by atoms with Crippen molar-refractivity contribution in [1.29, 1.82) is 0 Å². The lowest BCUT2D eigenvalue weighted by Crippen LogP contribution is -2.39. The number of urea groups is 1. The lowest BCUT2D eigenvalue weighted by Gasteiger charge is -2.27. The zero-order chi connectivity index (χ0) is 16.4. The fourth-order valence-electron chi connectivity index (χ4n) is 2.15. The van der Waals surface area contributed by atoms with Gasteiger partial charge in [-0.1, -0.05) is 26.6 Å². The molecule has 0 spiro atoms. The topological polar surface area (TPSA) is 71.3 Å². The molecular formula is C15H14BrFN4O2. The van der Waals surface area contributed by atoms with Gasteiger partial charge >= 0.3 is 12.0 Å². The number of aromatic nitrogens is 2. The molecule has 1 N–H and O–H groups in total. The third-order valence-electron chi connectivity index (χ3n) is 3.57. The van der Waals surface area contributed by atoms with Gasteiger partial charge in [0.25, 0.3) is 0 Å². The number of rotatable bonds is 2. The molecule has 6 nitrogen and oxygen atoms in total. The normalized spacial score (nSPS) is 15.0. The number of benzene rings is 1. The summed E-state index contributed by atoms with van der Waals surface area (Å²) in [6, 6.07) is 5.38. The van der Waals surface area contributed by atoms with E-state index in [-0.39, 0.29) is 23.8 Å². The fourth-order valence-corrected chi connectivity index (χ4v) is 2.65. The summed E-state index contributed by atoms with van der Waals surface area (Å²) in [6.07, 6.45) is 0.818. The van der Waals surface area contributed by atoms with Crippen molar-refractivity contribution in [1.82, 2.24) is 15.1 Å². The number of amides is 2. The van der Waals surface area contributed by atoms with Gasteiger partial charge in [-0.25, -0.2) is 9.18 Å². The highest BCUT2D eigenvalue weighted by Gasteiger charge is 2.21. The zero-order valence-corrected chi connectivity index (χ0v) is 13.9. The molecule has 0 atom stereocenters. The van der Waals surface area contributed by atoms with Crippen molar-refractivity contribution in [2.75, 3.05) is 18.4 Å². The maximum absolute atomic E-state index is 12.9. The van der Waals surface area contributed by atoms with Gasteiger partial charge in [-0.2, -0.15) is 0 Å². The first kappa shape index (κ1) is 15.7. The van der Waals surface area contributed by atoms with E-state index in [4.69, 9.17) is 4.42 Å². The predicted molar refractivity (Wildman–Crippen MR) is 86.5 cm³/mol. The average molecular weight is 381 g/mol. The van der Waals surface area contributed by atoms with Crippen LogP contribution in [0.25, 0.3) is 11.5 Å². The molecule has 2 amide bonds. The SMILES string of the molecule is CC1=C(Br)CN(C(=O)Nc2nnc(-c3ccc(F)cc3)o2)CC1. The molecule has 0 radical (unpaired) electrons. The van der Waals surface area contributed by atoms with Crippen molar-refractivity contribution in [2.24, 2.45) is 0 Å². The highest BCUT2D eigenvalue weighted by molar-refractivity contribution is 9.11. The molecule has 2 heterocycles. The van der Waals surface area contributed by atoms with Gasteiger partial charge in [0.15, 0.2) is 0 Å². The van der Waals surface area contributed by atoms with E-state index >= 15 is 0 Å². The van der Waals surface area contributed by atoms with Crippen LogP contribution in [0.3, 0.4) is 0 Å². The minimum atomic E-state index is -0.346. The first-order valence-corrected chi connectivity index (χ1v) is 7.82. The Morgan fingerprint density at radius 2 is 2.09 bits per heavy atom. The van der Waals surface area contributed by atoms with Gasteiger partial charge in [0.2, 0.25) is 5.89 Å². The van der Waals surface area contributed by atoms with Gasteiger partial charge in [0.1, 0.15) is 5.82 Å². The van der Waals surface area contributed by atoms with E-state index in [2.05, 4.69) is 31.4 Å². The molecule has 2 aromatic rings. The number of anilines is 1. The van der Waals surface area contributed by atoms with Gasteiger partial charge in [-0.15, -0.1) is 5.10 Å². The van der Waals surface area contributed by atoms with Crippen LogP contribution in [0.4, 0.5) is 15.2 Å². The molecule has 120 valence electrons. The van der Waals surface area contributed by atoms with Gasteiger partial charge < -0.3 is 9.32 Å².